The van der Waals surface area contributed by atoms with Crippen LogP contribution in [0.3, 0.4) is 0 Å². The van der Waals surface area contributed by atoms with Gasteiger partial charge in [0.2, 0.25) is 0 Å². The number of allylic oxidation sites excluding steroid dienone is 1. The van der Waals surface area contributed by atoms with Gasteiger partial charge in [-0.25, -0.2) is 4.79 Å². The first-order valence-electron chi connectivity index (χ1n) is 4.44. The number of hydrogen-bond donors (Lipinski definition) is 1. The Labute approximate surface area is 88.3 Å². The Morgan fingerprint density at radius 2 is 2.00 bits per heavy atom. The molecule has 15 heavy (non-hydrogen) atoms. The zero-order valence-corrected chi connectivity index (χ0v) is 8.38. The van der Waals surface area contributed by atoms with Crippen LogP contribution in [0.5, 0.6) is 0 Å². The van der Waals surface area contributed by atoms with Crippen LogP contribution < -0.4 is 0 Å². The van der Waals surface area contributed by atoms with Gasteiger partial charge in [0.25, 0.3) is 0 Å². The van der Waals surface area contributed by atoms with E-state index in [-0.39, 0.29) is 5.76 Å². The number of benzene rings is 1. The van der Waals surface area contributed by atoms with E-state index >= 15 is 0 Å². The number of methoxy groups -OCH3 is 1. The zero-order chi connectivity index (χ0) is 11.1. The molecule has 3 heteroatoms. The van der Waals surface area contributed by atoms with Gasteiger partial charge < -0.3 is 9.84 Å². The van der Waals surface area contributed by atoms with Crippen LogP contribution in [-0.4, -0.2) is 18.2 Å². The highest BCUT2D eigenvalue weighted by molar-refractivity contribution is 5.83. The molecule has 0 atom stereocenters. The summed E-state index contributed by atoms with van der Waals surface area (Å²) in [6.07, 6.45) is 4.15. The van der Waals surface area contributed by atoms with Crippen molar-refractivity contribution >= 4 is 12.0 Å². The monoisotopic (exact) mass is 204 g/mol. The molecule has 0 saturated carbocycles. The van der Waals surface area contributed by atoms with Gasteiger partial charge in [-0.3, -0.25) is 0 Å². The average molecular weight is 204 g/mol. The summed E-state index contributed by atoms with van der Waals surface area (Å²) < 4.78 is 4.36. The molecule has 0 unspecified atom stereocenters. The number of esters is 1. The molecule has 0 amide bonds. The molecule has 0 radical (unpaired) electrons. The van der Waals surface area contributed by atoms with Crippen LogP contribution in [-0.2, 0) is 9.53 Å². The number of rotatable bonds is 3. The summed E-state index contributed by atoms with van der Waals surface area (Å²) in [6, 6.07) is 9.47. The van der Waals surface area contributed by atoms with Gasteiger partial charge in [-0.15, -0.1) is 0 Å². The lowest BCUT2D eigenvalue weighted by Gasteiger charge is -1.93. The number of carbonyl (C=O) groups excluding carboxylic acids is 1. The number of aliphatic hydroxyl groups is 1. The van der Waals surface area contributed by atoms with Crippen LogP contribution in [0.25, 0.3) is 6.08 Å². The molecule has 78 valence electrons. The third-order valence-electron chi connectivity index (χ3n) is 1.71. The summed E-state index contributed by atoms with van der Waals surface area (Å²) in [4.78, 5) is 10.7. The highest BCUT2D eigenvalue weighted by Crippen LogP contribution is 2.03. The smallest absolute Gasteiger partial charge is 0.334 e. The van der Waals surface area contributed by atoms with Crippen molar-refractivity contribution in [2.75, 3.05) is 7.11 Å². The molecule has 1 aromatic carbocycles. The summed E-state index contributed by atoms with van der Waals surface area (Å²) in [5, 5.41) is 9.29. The molecule has 1 N–H and O–H groups in total. The summed E-state index contributed by atoms with van der Waals surface area (Å²) in [5.41, 5.74) is 0.947. The molecule has 0 bridgehead atoms. The van der Waals surface area contributed by atoms with E-state index in [1.807, 2.05) is 30.3 Å². The molecule has 0 heterocycles. The molecule has 0 aromatic heterocycles. The molecule has 0 spiro atoms. The normalized spacial score (nSPS) is 11.7. The lowest BCUT2D eigenvalue weighted by Crippen LogP contribution is -1.95. The van der Waals surface area contributed by atoms with Crippen LogP contribution in [0.1, 0.15) is 5.56 Å². The van der Waals surface area contributed by atoms with Crippen molar-refractivity contribution in [2.45, 2.75) is 0 Å². The van der Waals surface area contributed by atoms with Crippen molar-refractivity contribution in [2.24, 2.45) is 0 Å². The van der Waals surface area contributed by atoms with E-state index < -0.39 is 5.97 Å². The average Bonchev–Trinajstić information content (AvgIpc) is 2.27. The number of aliphatic hydroxyl groups excluding tert-OH is 1. The minimum Gasteiger partial charge on any atom is -0.508 e. The summed E-state index contributed by atoms with van der Waals surface area (Å²) in [6.45, 7) is 0. The molecule has 0 aliphatic heterocycles. The topological polar surface area (TPSA) is 46.5 Å². The Morgan fingerprint density at radius 1 is 1.33 bits per heavy atom. The maximum Gasteiger partial charge on any atom is 0.334 e. The van der Waals surface area contributed by atoms with Crippen LogP contribution in [0, 0.1) is 0 Å². The van der Waals surface area contributed by atoms with Crippen molar-refractivity contribution in [1.29, 1.82) is 0 Å². The van der Waals surface area contributed by atoms with E-state index in [0.717, 1.165) is 11.6 Å². The van der Waals surface area contributed by atoms with Gasteiger partial charge in [0.1, 0.15) is 5.76 Å². The lowest BCUT2D eigenvalue weighted by atomic mass is 10.2. The van der Waals surface area contributed by atoms with Gasteiger partial charge in [-0.05, 0) is 11.6 Å². The number of carbonyl (C=O) groups is 1. The summed E-state index contributed by atoms with van der Waals surface area (Å²) >= 11 is 0. The van der Waals surface area contributed by atoms with E-state index in [1.165, 1.54) is 13.2 Å². The Bertz CT molecular complexity index is 377. The Hall–Kier alpha value is -2.03. The van der Waals surface area contributed by atoms with Crippen LogP contribution in [0.4, 0.5) is 0 Å². The van der Waals surface area contributed by atoms with Gasteiger partial charge in [0.15, 0.2) is 0 Å². The molecule has 1 rings (SSSR count). The first kappa shape index (κ1) is 11.0. The molecule has 0 aliphatic carbocycles. The predicted octanol–water partition coefficient (Wildman–Crippen LogP) is 2.31. The third-order valence-corrected chi connectivity index (χ3v) is 1.71. The van der Waals surface area contributed by atoms with E-state index in [0.29, 0.717) is 0 Å². The standard InChI is InChI=1S/C12H12O3/c1-15-12(14)9-11(13)8-7-10-5-3-2-4-6-10/h2-9,13H,1H3/b8-7+,11-9-. The van der Waals surface area contributed by atoms with Crippen molar-refractivity contribution in [3.05, 3.63) is 53.8 Å². The molecular weight excluding hydrogens is 192 g/mol. The second-order valence-electron chi connectivity index (χ2n) is 2.84. The van der Waals surface area contributed by atoms with Gasteiger partial charge in [0.05, 0.1) is 13.2 Å². The third kappa shape index (κ3) is 4.13. The second kappa shape index (κ2) is 5.65. The van der Waals surface area contributed by atoms with Crippen LogP contribution >= 0.6 is 0 Å². The van der Waals surface area contributed by atoms with Gasteiger partial charge in [-0.2, -0.15) is 0 Å². The maximum absolute atomic E-state index is 10.7. The SMILES string of the molecule is COC(=O)/C=C(O)/C=C/c1ccccc1. The first-order chi connectivity index (χ1) is 7.22. The van der Waals surface area contributed by atoms with Crippen molar-refractivity contribution < 1.29 is 14.6 Å². The van der Waals surface area contributed by atoms with E-state index in [2.05, 4.69) is 4.74 Å². The summed E-state index contributed by atoms with van der Waals surface area (Å²) in [7, 11) is 1.26. The number of ether oxygens (including phenoxy) is 1. The minimum absolute atomic E-state index is 0.134. The van der Waals surface area contributed by atoms with Gasteiger partial charge in [0, 0.05) is 0 Å². The van der Waals surface area contributed by atoms with Gasteiger partial charge in [-0.1, -0.05) is 36.4 Å². The Morgan fingerprint density at radius 3 is 2.60 bits per heavy atom. The minimum atomic E-state index is -0.579. The second-order valence-corrected chi connectivity index (χ2v) is 2.84. The molecular formula is C12H12O3. The van der Waals surface area contributed by atoms with E-state index in [4.69, 9.17) is 0 Å². The Kier molecular flexibility index (Phi) is 4.16. The Balaban J connectivity index is 2.66. The predicted molar refractivity (Wildman–Crippen MR) is 58.2 cm³/mol. The molecule has 1 aromatic rings. The van der Waals surface area contributed by atoms with E-state index in [1.54, 1.807) is 6.08 Å². The highest BCUT2D eigenvalue weighted by atomic mass is 16.5. The van der Waals surface area contributed by atoms with Crippen LogP contribution in [0.2, 0.25) is 0 Å². The molecule has 3 nitrogen and oxygen atoms in total. The lowest BCUT2D eigenvalue weighted by molar-refractivity contribution is -0.135. The molecule has 0 fully saturated rings. The van der Waals surface area contributed by atoms with Crippen molar-refractivity contribution in [3.8, 4) is 0 Å². The number of hydrogen-bond acceptors (Lipinski definition) is 3. The fourth-order valence-electron chi connectivity index (χ4n) is 0.974. The fourth-order valence-corrected chi connectivity index (χ4v) is 0.974. The zero-order valence-electron chi connectivity index (χ0n) is 8.38. The van der Waals surface area contributed by atoms with E-state index in [9.17, 15) is 9.90 Å². The fraction of sp³-hybridized carbons (Fsp3) is 0.0833. The van der Waals surface area contributed by atoms with Crippen molar-refractivity contribution in [3.63, 3.8) is 0 Å². The van der Waals surface area contributed by atoms with Crippen LogP contribution in [0.15, 0.2) is 48.2 Å². The first-order valence-corrected chi connectivity index (χ1v) is 4.44. The quantitative estimate of drug-likeness (QED) is 0.355. The van der Waals surface area contributed by atoms with Gasteiger partial charge >= 0.3 is 5.97 Å². The highest BCUT2D eigenvalue weighted by Gasteiger charge is 1.95. The maximum atomic E-state index is 10.7. The van der Waals surface area contributed by atoms with Crippen molar-refractivity contribution in [1.82, 2.24) is 0 Å². The molecule has 0 saturated heterocycles. The largest absolute Gasteiger partial charge is 0.508 e. The molecule has 0 aliphatic rings. The summed E-state index contributed by atoms with van der Waals surface area (Å²) in [5.74, 6) is -0.712.